The quantitative estimate of drug-likeness (QED) is 0.0918. The molecule has 6 rings (SSSR count). The zero-order valence-corrected chi connectivity index (χ0v) is 36.0. The van der Waals surface area contributed by atoms with Crippen LogP contribution >= 0.6 is 49.9 Å². The molecule has 0 saturated carbocycles. The van der Waals surface area contributed by atoms with Crippen LogP contribution in [0.3, 0.4) is 0 Å². The van der Waals surface area contributed by atoms with Crippen molar-refractivity contribution in [3.63, 3.8) is 0 Å². The molecule has 12 nitrogen and oxygen atoms in total. The second-order valence-electron chi connectivity index (χ2n) is 12.3. The van der Waals surface area contributed by atoms with Crippen LogP contribution in [-0.4, -0.2) is 58.8 Å². The second kappa shape index (κ2) is 23.7. The monoisotopic (exact) mass is 1020 g/mol. The number of carbonyl (C=O) groups excluding carboxylic acids is 2. The summed E-state index contributed by atoms with van der Waals surface area (Å²) < 4.78 is 113. The summed E-state index contributed by atoms with van der Waals surface area (Å²) in [5, 5.41) is 26.2. The molecular weight excluding hydrogens is 978 g/mol. The molecule has 0 saturated heterocycles. The van der Waals surface area contributed by atoms with Crippen molar-refractivity contribution in [3.8, 4) is 21.1 Å². The Bertz CT molecular complexity index is 2440. The van der Waals surface area contributed by atoms with Gasteiger partial charge in [-0.25, -0.2) is 15.0 Å². The molecule has 0 aromatic carbocycles. The van der Waals surface area contributed by atoms with E-state index in [-0.39, 0.29) is 55.1 Å². The molecule has 0 aliphatic heterocycles. The third-order valence-corrected chi connectivity index (χ3v) is 10.4. The fourth-order valence-corrected chi connectivity index (χ4v) is 7.13. The summed E-state index contributed by atoms with van der Waals surface area (Å²) in [6.07, 6.45) is -10.1. The highest BCUT2D eigenvalue weighted by Gasteiger charge is 2.36. The molecule has 1 amide bonds. The van der Waals surface area contributed by atoms with Gasteiger partial charge in [-0.2, -0.15) is 39.5 Å². The fraction of sp³-hybridized carbons (Fsp3) is 0.297. The van der Waals surface area contributed by atoms with Crippen molar-refractivity contribution >= 4 is 85.8 Å². The number of nitrogens with two attached hydrogens (primary N) is 1. The standard InChI is InChI=1S/C13H11F3N2OS.C10H8F3N3S.C7H7BF3NO2.C5H5BrN2OS.2CH4/c1-7-3-9(5-17-11(7)13(14,15)16)12-18-10(6-20-12)4-8(2)19;1-5-2-6(9-16-7(14)4-17-9)3-15-8(5)10(11,12)13;1-4-2-5(8(13)14)3-12-6(4)7(9,10)11;1-3(9)7-4-2-10-5(6)8-4;;/h3,5-6H,4H2,1-2H3;2-4H,14H2,1H3;2-3,13-14H,1H3;2H,1H3,(H,7,9);2*1H4. The number of aryl methyl sites for hydroxylation is 3. The van der Waals surface area contributed by atoms with Gasteiger partial charge >= 0.3 is 25.6 Å². The molecule has 0 aliphatic carbocycles. The Balaban J connectivity index is 0.000000427. The fourth-order valence-electron chi connectivity index (χ4n) is 4.70. The number of nitrogens with zero attached hydrogens (tertiary/aromatic N) is 6. The number of anilines is 2. The minimum absolute atomic E-state index is 0. The Labute approximate surface area is 376 Å². The minimum atomic E-state index is -4.51. The molecule has 26 heteroatoms. The second-order valence-corrected chi connectivity index (χ2v) is 16.2. The smallest absolute Gasteiger partial charge is 0.423 e. The molecule has 0 spiro atoms. The van der Waals surface area contributed by atoms with Gasteiger partial charge in [0.05, 0.1) is 5.69 Å². The van der Waals surface area contributed by atoms with Crippen LogP contribution in [0.25, 0.3) is 21.1 Å². The number of thiazole rings is 3. The van der Waals surface area contributed by atoms with Gasteiger partial charge in [0.15, 0.2) is 3.92 Å². The number of hydrogen-bond donors (Lipinski definition) is 4. The minimum Gasteiger partial charge on any atom is -0.423 e. The van der Waals surface area contributed by atoms with Crippen molar-refractivity contribution in [2.24, 2.45) is 0 Å². The number of pyridine rings is 3. The van der Waals surface area contributed by atoms with Gasteiger partial charge in [-0.05, 0) is 72.4 Å². The maximum absolute atomic E-state index is 12.6. The molecule has 0 atom stereocenters. The Hall–Kier alpha value is -4.89. The number of Topliss-reactive ketones (excluding diaryl/α,β-unsaturated/α-hetero) is 1. The summed E-state index contributed by atoms with van der Waals surface area (Å²) >= 11 is 7.16. The summed E-state index contributed by atoms with van der Waals surface area (Å²) in [5.74, 6) is 0.841. The molecular formula is C37H39BBrF9N8O4S3. The lowest BCUT2D eigenvalue weighted by Crippen LogP contribution is -2.31. The van der Waals surface area contributed by atoms with E-state index in [1.54, 1.807) is 16.1 Å². The lowest BCUT2D eigenvalue weighted by atomic mass is 9.81. The van der Waals surface area contributed by atoms with Crippen LogP contribution in [-0.2, 0) is 34.5 Å². The number of nitrogen functional groups attached to an aromatic ring is 1. The van der Waals surface area contributed by atoms with E-state index in [0.29, 0.717) is 38.5 Å². The molecule has 0 radical (unpaired) electrons. The molecule has 0 fully saturated rings. The predicted molar refractivity (Wildman–Crippen MR) is 230 cm³/mol. The highest BCUT2D eigenvalue weighted by atomic mass is 79.9. The highest BCUT2D eigenvalue weighted by Crippen LogP contribution is 2.34. The first kappa shape index (κ1) is 56.1. The zero-order chi connectivity index (χ0) is 46.0. The first-order valence-electron chi connectivity index (χ1n) is 16.7. The van der Waals surface area contributed by atoms with Gasteiger partial charge in [0.2, 0.25) is 5.91 Å². The summed E-state index contributed by atoms with van der Waals surface area (Å²) in [6, 6.07) is 3.86. The summed E-state index contributed by atoms with van der Waals surface area (Å²) in [7, 11) is -1.80. The Morgan fingerprint density at radius 1 is 0.698 bits per heavy atom. The maximum atomic E-state index is 12.6. The van der Waals surface area contributed by atoms with Gasteiger partial charge in [-0.3, -0.25) is 24.5 Å². The Morgan fingerprint density at radius 3 is 1.49 bits per heavy atom. The molecule has 6 aromatic heterocycles. The van der Waals surface area contributed by atoms with E-state index < -0.39 is 42.7 Å². The van der Waals surface area contributed by atoms with Crippen molar-refractivity contribution < 1.29 is 59.2 Å². The first-order valence-corrected chi connectivity index (χ1v) is 20.1. The van der Waals surface area contributed by atoms with Gasteiger partial charge in [-0.1, -0.05) is 20.9 Å². The van der Waals surface area contributed by atoms with Crippen LogP contribution in [0.5, 0.6) is 0 Å². The summed E-state index contributed by atoms with van der Waals surface area (Å²) in [6.45, 7) is 6.86. The molecule has 6 aromatic rings. The Kier molecular flexibility index (Phi) is 21.1. The number of hydrogen-bond acceptors (Lipinski definition) is 14. The Morgan fingerprint density at radius 2 is 1.14 bits per heavy atom. The predicted octanol–water partition coefficient (Wildman–Crippen LogP) is 10.0. The number of amides is 1. The van der Waals surface area contributed by atoms with Gasteiger partial charge in [-0.15, -0.1) is 34.0 Å². The van der Waals surface area contributed by atoms with Crippen LogP contribution in [0.2, 0.25) is 0 Å². The van der Waals surface area contributed by atoms with E-state index in [4.69, 9.17) is 15.8 Å². The van der Waals surface area contributed by atoms with Crippen molar-refractivity contribution in [1.82, 2.24) is 29.9 Å². The molecule has 5 N–H and O–H groups in total. The number of carbonyl (C=O) groups is 2. The van der Waals surface area contributed by atoms with Gasteiger partial charge in [0.1, 0.15) is 44.5 Å². The van der Waals surface area contributed by atoms with E-state index in [1.807, 2.05) is 0 Å². The molecule has 0 aliphatic rings. The van der Waals surface area contributed by atoms with Gasteiger partial charge in [0.25, 0.3) is 0 Å². The van der Waals surface area contributed by atoms with Gasteiger partial charge in [0, 0.05) is 64.7 Å². The van der Waals surface area contributed by atoms with Crippen LogP contribution in [0, 0.1) is 20.8 Å². The number of nitrogens with one attached hydrogen (secondary N) is 1. The maximum Gasteiger partial charge on any atom is 0.490 e. The number of rotatable bonds is 6. The molecule has 63 heavy (non-hydrogen) atoms. The average Bonchev–Trinajstić information content (AvgIpc) is 3.88. The van der Waals surface area contributed by atoms with Crippen molar-refractivity contribution in [1.29, 1.82) is 0 Å². The number of ketones is 1. The third kappa shape index (κ3) is 17.7. The zero-order valence-electron chi connectivity index (χ0n) is 32.0. The number of aromatic nitrogens is 6. The molecule has 6 heterocycles. The SMILES string of the molecule is C.C.CC(=O)Cc1csc(-c2cnc(C(F)(F)F)c(C)c2)n1.CC(=O)Nc1csc(Br)n1.Cc1cc(-c2nc(N)cs2)cnc1C(F)(F)F.Cc1cc(B(O)O)cnc1C(F)(F)F. The van der Waals surface area contributed by atoms with Crippen LogP contribution < -0.4 is 16.5 Å². The summed E-state index contributed by atoms with van der Waals surface area (Å²) in [4.78, 5) is 43.7. The first-order chi connectivity index (χ1) is 28.1. The number of halogens is 10. The van der Waals surface area contributed by atoms with E-state index in [9.17, 15) is 49.1 Å². The van der Waals surface area contributed by atoms with E-state index in [2.05, 4.69) is 51.2 Å². The van der Waals surface area contributed by atoms with Crippen LogP contribution in [0.1, 0.15) is 68.2 Å². The van der Waals surface area contributed by atoms with Crippen LogP contribution in [0.15, 0.2) is 56.8 Å². The topological polar surface area (TPSA) is 190 Å². The summed E-state index contributed by atoms with van der Waals surface area (Å²) in [5.41, 5.74) is 4.30. The number of alkyl halides is 9. The third-order valence-electron chi connectivity index (χ3n) is 7.14. The van der Waals surface area contributed by atoms with E-state index in [1.165, 1.54) is 80.8 Å². The molecule has 0 bridgehead atoms. The largest absolute Gasteiger partial charge is 0.490 e. The lowest BCUT2D eigenvalue weighted by Gasteiger charge is -2.09. The molecule has 342 valence electrons. The van der Waals surface area contributed by atoms with E-state index >= 15 is 0 Å². The molecule has 0 unspecified atom stereocenters. The van der Waals surface area contributed by atoms with Crippen LogP contribution in [0.4, 0.5) is 51.1 Å². The van der Waals surface area contributed by atoms with Crippen molar-refractivity contribution in [3.05, 3.63) is 96.3 Å². The van der Waals surface area contributed by atoms with Crippen molar-refractivity contribution in [2.75, 3.05) is 11.1 Å². The van der Waals surface area contributed by atoms with Gasteiger partial charge < -0.3 is 21.1 Å². The average molecular weight is 1020 g/mol. The highest BCUT2D eigenvalue weighted by molar-refractivity contribution is 9.11. The lowest BCUT2D eigenvalue weighted by molar-refractivity contribution is -0.142. The van der Waals surface area contributed by atoms with Crippen molar-refractivity contribution in [2.45, 2.75) is 74.4 Å². The van der Waals surface area contributed by atoms with E-state index in [0.717, 1.165) is 28.6 Å². The normalized spacial score (nSPS) is 10.9.